The fourth-order valence-corrected chi connectivity index (χ4v) is 4.35. The molecular weight excluding hydrogens is 337 g/mol. The van der Waals surface area contributed by atoms with Crippen molar-refractivity contribution in [3.8, 4) is 0 Å². The quantitative estimate of drug-likeness (QED) is 0.662. The van der Waals surface area contributed by atoms with Gasteiger partial charge < -0.3 is 5.73 Å². The van der Waals surface area contributed by atoms with Crippen LogP contribution in [0.4, 0.5) is 4.39 Å². The van der Waals surface area contributed by atoms with Crippen LogP contribution >= 0.6 is 0 Å². The summed E-state index contributed by atoms with van der Waals surface area (Å²) in [7, 11) is 0. The van der Waals surface area contributed by atoms with Gasteiger partial charge in [-0.1, -0.05) is 50.1 Å². The van der Waals surface area contributed by atoms with Crippen LogP contribution in [0.1, 0.15) is 78.4 Å². The number of carbonyl (C=O) groups excluding carboxylic acids is 1. The van der Waals surface area contributed by atoms with Gasteiger partial charge in [-0.2, -0.15) is 0 Å². The van der Waals surface area contributed by atoms with Crippen molar-refractivity contribution in [1.29, 1.82) is 0 Å². The summed E-state index contributed by atoms with van der Waals surface area (Å²) in [6.07, 6.45) is 9.66. The number of aryl methyl sites for hydroxylation is 2. The average molecular weight is 368 g/mol. The molecule has 1 aliphatic rings. The van der Waals surface area contributed by atoms with Gasteiger partial charge in [-0.15, -0.1) is 0 Å². The molecule has 0 bridgehead atoms. The number of benzene rings is 2. The van der Waals surface area contributed by atoms with E-state index >= 15 is 0 Å². The minimum atomic E-state index is -0.724. The first-order valence-corrected chi connectivity index (χ1v) is 10.2. The van der Waals surface area contributed by atoms with Gasteiger partial charge in [0, 0.05) is 0 Å². The number of carbonyl (C=O) groups is 1. The smallest absolute Gasteiger partial charge is 0.251 e. The summed E-state index contributed by atoms with van der Waals surface area (Å²) >= 11 is 0. The summed E-state index contributed by atoms with van der Waals surface area (Å²) in [5, 5.41) is 0. The summed E-state index contributed by atoms with van der Waals surface area (Å²) in [5.41, 5.74) is 8.71. The van der Waals surface area contributed by atoms with E-state index in [1.165, 1.54) is 61.8 Å². The predicted molar refractivity (Wildman–Crippen MR) is 108 cm³/mol. The molecule has 27 heavy (non-hydrogen) atoms. The molecule has 2 aromatic rings. The molecule has 0 aromatic heterocycles. The normalized spacial score (nSPS) is 19.8. The van der Waals surface area contributed by atoms with Gasteiger partial charge in [0.2, 0.25) is 0 Å². The molecule has 1 fully saturated rings. The Morgan fingerprint density at radius 3 is 2.22 bits per heavy atom. The van der Waals surface area contributed by atoms with E-state index < -0.39 is 11.7 Å². The summed E-state index contributed by atoms with van der Waals surface area (Å²) < 4.78 is 13.9. The number of nitrogens with two attached hydrogens (primary N) is 1. The molecule has 0 heterocycles. The third kappa shape index (κ3) is 5.18. The van der Waals surface area contributed by atoms with Crippen molar-refractivity contribution >= 4 is 5.91 Å². The maximum Gasteiger partial charge on any atom is 0.251 e. The highest BCUT2D eigenvalue weighted by atomic mass is 19.1. The Kier molecular flexibility index (Phi) is 6.65. The standard InChI is InChI=1S/C24H30FNO/c1-2-3-17-6-11-20(12-7-17)21-13-8-18(9-14-21)4-5-19-10-15-22(24(26)27)23(25)16-19/h8-10,13-17,20H,2-7,11-12H2,1H3,(H2,26,27)/t17-,20-. The van der Waals surface area contributed by atoms with Crippen molar-refractivity contribution in [2.45, 2.75) is 64.2 Å². The molecule has 1 amide bonds. The lowest BCUT2D eigenvalue weighted by Crippen LogP contribution is -2.13. The Balaban J connectivity index is 1.54. The maximum absolute atomic E-state index is 13.9. The zero-order valence-corrected chi connectivity index (χ0v) is 16.2. The van der Waals surface area contributed by atoms with Crippen LogP contribution in [0.2, 0.25) is 0 Å². The Morgan fingerprint density at radius 2 is 1.63 bits per heavy atom. The molecule has 0 aliphatic heterocycles. The SMILES string of the molecule is CCC[C@H]1CC[C@H](c2ccc(CCc3ccc(C(N)=O)c(F)c3)cc2)CC1. The number of amides is 1. The van der Waals surface area contributed by atoms with E-state index in [4.69, 9.17) is 5.73 Å². The highest BCUT2D eigenvalue weighted by Gasteiger charge is 2.21. The maximum atomic E-state index is 13.9. The van der Waals surface area contributed by atoms with Crippen LogP contribution in [-0.2, 0) is 12.8 Å². The number of halogens is 1. The van der Waals surface area contributed by atoms with Crippen LogP contribution in [0.3, 0.4) is 0 Å². The van der Waals surface area contributed by atoms with Gasteiger partial charge in [0.15, 0.2) is 0 Å². The number of primary amides is 1. The molecule has 0 atom stereocenters. The number of rotatable bonds is 7. The van der Waals surface area contributed by atoms with Gasteiger partial charge >= 0.3 is 0 Å². The zero-order valence-electron chi connectivity index (χ0n) is 16.2. The Labute approximate surface area is 162 Å². The Hall–Kier alpha value is -2.16. The van der Waals surface area contributed by atoms with Gasteiger partial charge in [0.1, 0.15) is 5.82 Å². The summed E-state index contributed by atoms with van der Waals surface area (Å²) in [6, 6.07) is 13.7. The molecule has 0 radical (unpaired) electrons. The van der Waals surface area contributed by atoms with Crippen molar-refractivity contribution in [3.05, 3.63) is 70.5 Å². The minimum Gasteiger partial charge on any atom is -0.366 e. The summed E-state index contributed by atoms with van der Waals surface area (Å²) in [4.78, 5) is 11.1. The minimum absolute atomic E-state index is 0.0447. The van der Waals surface area contributed by atoms with E-state index in [1.807, 2.05) is 0 Å². The first-order valence-electron chi connectivity index (χ1n) is 10.2. The third-order valence-electron chi connectivity index (χ3n) is 6.00. The van der Waals surface area contributed by atoms with Gasteiger partial charge in [-0.3, -0.25) is 4.79 Å². The molecule has 1 aliphatic carbocycles. The molecular formula is C24H30FNO. The lowest BCUT2D eigenvalue weighted by atomic mass is 9.77. The van der Waals surface area contributed by atoms with Gasteiger partial charge in [-0.05, 0) is 79.2 Å². The molecule has 144 valence electrons. The highest BCUT2D eigenvalue weighted by Crippen LogP contribution is 2.37. The Bertz CT molecular complexity index is 760. The first-order chi connectivity index (χ1) is 13.1. The molecule has 0 spiro atoms. The largest absolute Gasteiger partial charge is 0.366 e. The van der Waals surface area contributed by atoms with Crippen LogP contribution in [0.15, 0.2) is 42.5 Å². The van der Waals surface area contributed by atoms with E-state index in [-0.39, 0.29) is 5.56 Å². The summed E-state index contributed by atoms with van der Waals surface area (Å²) in [5.74, 6) is 0.391. The molecule has 3 heteroatoms. The molecule has 3 rings (SSSR count). The first kappa shape index (κ1) is 19.6. The van der Waals surface area contributed by atoms with Crippen LogP contribution in [0.25, 0.3) is 0 Å². The average Bonchev–Trinajstić information content (AvgIpc) is 2.67. The second-order valence-electron chi connectivity index (χ2n) is 7.93. The topological polar surface area (TPSA) is 43.1 Å². The van der Waals surface area contributed by atoms with E-state index in [9.17, 15) is 9.18 Å². The summed E-state index contributed by atoms with van der Waals surface area (Å²) in [6.45, 7) is 2.28. The fourth-order valence-electron chi connectivity index (χ4n) is 4.35. The van der Waals surface area contributed by atoms with Crippen molar-refractivity contribution in [3.63, 3.8) is 0 Å². The second kappa shape index (κ2) is 9.16. The van der Waals surface area contributed by atoms with Crippen molar-refractivity contribution in [2.75, 3.05) is 0 Å². The van der Waals surface area contributed by atoms with Crippen LogP contribution in [-0.4, -0.2) is 5.91 Å². The molecule has 2 N–H and O–H groups in total. The zero-order chi connectivity index (χ0) is 19.2. The van der Waals surface area contributed by atoms with Gasteiger partial charge in [-0.25, -0.2) is 4.39 Å². The molecule has 0 unspecified atom stereocenters. The fraction of sp³-hybridized carbons (Fsp3) is 0.458. The van der Waals surface area contributed by atoms with Gasteiger partial charge in [0.05, 0.1) is 5.56 Å². The monoisotopic (exact) mass is 367 g/mol. The lowest BCUT2D eigenvalue weighted by Gasteiger charge is -2.28. The van der Waals surface area contributed by atoms with Crippen LogP contribution in [0, 0.1) is 11.7 Å². The Morgan fingerprint density at radius 1 is 1.00 bits per heavy atom. The van der Waals surface area contributed by atoms with Crippen molar-refractivity contribution < 1.29 is 9.18 Å². The van der Waals surface area contributed by atoms with E-state index in [0.29, 0.717) is 5.92 Å². The molecule has 0 saturated heterocycles. The third-order valence-corrected chi connectivity index (χ3v) is 6.00. The predicted octanol–water partition coefficient (Wildman–Crippen LogP) is 5.78. The van der Waals surface area contributed by atoms with Crippen LogP contribution in [0.5, 0.6) is 0 Å². The number of hydrogen-bond donors (Lipinski definition) is 1. The van der Waals surface area contributed by atoms with Gasteiger partial charge in [0.25, 0.3) is 5.91 Å². The van der Waals surface area contributed by atoms with Crippen molar-refractivity contribution in [2.24, 2.45) is 11.7 Å². The molecule has 1 saturated carbocycles. The number of hydrogen-bond acceptors (Lipinski definition) is 1. The highest BCUT2D eigenvalue weighted by molar-refractivity contribution is 5.93. The van der Waals surface area contributed by atoms with E-state index in [2.05, 4.69) is 31.2 Å². The second-order valence-corrected chi connectivity index (χ2v) is 7.93. The van der Waals surface area contributed by atoms with E-state index in [1.54, 1.807) is 6.07 Å². The van der Waals surface area contributed by atoms with Crippen molar-refractivity contribution in [1.82, 2.24) is 0 Å². The molecule has 2 aromatic carbocycles. The van der Waals surface area contributed by atoms with Crippen LogP contribution < -0.4 is 5.73 Å². The van der Waals surface area contributed by atoms with E-state index in [0.717, 1.165) is 24.3 Å². The molecule has 2 nitrogen and oxygen atoms in total. The lowest BCUT2D eigenvalue weighted by molar-refractivity contribution is 0.0996.